The molecule has 1 unspecified atom stereocenters. The van der Waals surface area contributed by atoms with E-state index in [4.69, 9.17) is 9.47 Å². The van der Waals surface area contributed by atoms with Crippen LogP contribution in [0.25, 0.3) is 0 Å². The van der Waals surface area contributed by atoms with Crippen LogP contribution < -0.4 is 4.74 Å². The van der Waals surface area contributed by atoms with Gasteiger partial charge in [0.15, 0.2) is 0 Å². The summed E-state index contributed by atoms with van der Waals surface area (Å²) >= 11 is 0. The van der Waals surface area contributed by atoms with Crippen molar-refractivity contribution in [1.29, 1.82) is 0 Å². The van der Waals surface area contributed by atoms with Crippen molar-refractivity contribution in [1.82, 2.24) is 18.7 Å². The Labute approximate surface area is 291 Å². The number of benzene rings is 3. The van der Waals surface area contributed by atoms with E-state index in [-0.39, 0.29) is 43.1 Å². The summed E-state index contributed by atoms with van der Waals surface area (Å²) < 4.78 is 43.5. The third-order valence-corrected chi connectivity index (χ3v) is 11.9. The van der Waals surface area contributed by atoms with Crippen molar-refractivity contribution in [2.45, 2.75) is 63.7 Å². The number of amides is 1. The van der Waals surface area contributed by atoms with Crippen molar-refractivity contribution in [2.24, 2.45) is 0 Å². The molecular weight excluding hydrogens is 637 g/mol. The number of rotatable bonds is 13. The standard InChI is InChI=1S/C39H48N4O5S/c1-30-25-35(47-3)26-31(2)39(30)49(45,46)41(27-32-13-7-4-8-14-32)23-24-48-29-37(44)43-22-21-42-34(28-40-19-11-6-12-20-40)17-18-36(42)38(43)33-15-9-5-10-16-33/h4-5,7-10,13-18,25-26,38H,6,11-12,19-24,27-29H2,1-3H3. The van der Waals surface area contributed by atoms with Crippen LogP contribution in [0.3, 0.4) is 0 Å². The Morgan fingerprint density at radius 3 is 2.20 bits per heavy atom. The molecular formula is C39H48N4O5S. The van der Waals surface area contributed by atoms with Gasteiger partial charge in [-0.05, 0) is 86.3 Å². The summed E-state index contributed by atoms with van der Waals surface area (Å²) in [5, 5.41) is 0. The van der Waals surface area contributed by atoms with Crippen molar-refractivity contribution in [2.75, 3.05) is 46.5 Å². The number of sulfonamides is 1. The number of likely N-dealkylation sites (tertiary alicyclic amines) is 1. The number of piperidine rings is 1. The minimum absolute atomic E-state index is 0.0757. The van der Waals surface area contributed by atoms with Crippen LogP contribution in [0.15, 0.2) is 89.8 Å². The largest absolute Gasteiger partial charge is 0.497 e. The number of nitrogens with zero attached hydrogens (tertiary/aromatic N) is 4. The number of fused-ring (bicyclic) bond motifs is 1. The van der Waals surface area contributed by atoms with E-state index < -0.39 is 10.0 Å². The number of carbonyl (C=O) groups is 1. The van der Waals surface area contributed by atoms with Gasteiger partial charge in [-0.1, -0.05) is 67.1 Å². The van der Waals surface area contributed by atoms with Gasteiger partial charge in [0.25, 0.3) is 0 Å². The van der Waals surface area contributed by atoms with E-state index in [0.717, 1.165) is 43.0 Å². The molecule has 3 heterocycles. The smallest absolute Gasteiger partial charge is 0.249 e. The molecule has 1 saturated heterocycles. The quantitative estimate of drug-likeness (QED) is 0.162. The summed E-state index contributed by atoms with van der Waals surface area (Å²) in [6.45, 7) is 8.28. The van der Waals surface area contributed by atoms with Crippen LogP contribution in [0.4, 0.5) is 0 Å². The highest BCUT2D eigenvalue weighted by Gasteiger charge is 2.34. The maximum atomic E-state index is 14.1. The lowest BCUT2D eigenvalue weighted by Crippen LogP contribution is -2.45. The number of methoxy groups -OCH3 is 1. The first-order valence-electron chi connectivity index (χ1n) is 17.3. The van der Waals surface area contributed by atoms with E-state index in [1.54, 1.807) is 33.1 Å². The van der Waals surface area contributed by atoms with Crippen LogP contribution in [0.2, 0.25) is 0 Å². The van der Waals surface area contributed by atoms with Crippen molar-refractivity contribution < 1.29 is 22.7 Å². The molecule has 1 fully saturated rings. The Bertz CT molecular complexity index is 1800. The molecule has 0 radical (unpaired) electrons. The fourth-order valence-corrected chi connectivity index (χ4v) is 9.14. The third kappa shape index (κ3) is 7.94. The van der Waals surface area contributed by atoms with Gasteiger partial charge in [0, 0.05) is 44.1 Å². The fourth-order valence-electron chi connectivity index (χ4n) is 7.32. The topological polar surface area (TPSA) is 84.3 Å². The Kier molecular flexibility index (Phi) is 11.2. The molecule has 0 bridgehead atoms. The van der Waals surface area contributed by atoms with Gasteiger partial charge in [0.05, 0.1) is 24.7 Å². The molecule has 0 N–H and O–H groups in total. The number of aromatic nitrogens is 1. The second-order valence-electron chi connectivity index (χ2n) is 13.1. The highest BCUT2D eigenvalue weighted by Crippen LogP contribution is 2.34. The van der Waals surface area contributed by atoms with Crippen LogP contribution in [0.5, 0.6) is 5.75 Å². The van der Waals surface area contributed by atoms with Gasteiger partial charge >= 0.3 is 0 Å². The first-order valence-corrected chi connectivity index (χ1v) is 18.7. The average molecular weight is 685 g/mol. The summed E-state index contributed by atoms with van der Waals surface area (Å²) in [5.41, 5.74) is 5.57. The highest BCUT2D eigenvalue weighted by atomic mass is 32.2. The lowest BCUT2D eigenvalue weighted by Gasteiger charge is -2.38. The van der Waals surface area contributed by atoms with E-state index in [9.17, 15) is 13.2 Å². The fraction of sp³-hybridized carbons (Fsp3) is 0.410. The summed E-state index contributed by atoms with van der Waals surface area (Å²) in [4.78, 5) is 18.6. The van der Waals surface area contributed by atoms with Gasteiger partial charge in [0.2, 0.25) is 15.9 Å². The molecule has 9 nitrogen and oxygen atoms in total. The summed E-state index contributed by atoms with van der Waals surface area (Å²) in [7, 11) is -2.33. The summed E-state index contributed by atoms with van der Waals surface area (Å²) in [5.74, 6) is 0.501. The Morgan fingerprint density at radius 1 is 0.857 bits per heavy atom. The molecule has 2 aliphatic heterocycles. The lowest BCUT2D eigenvalue weighted by atomic mass is 10.00. The zero-order valence-electron chi connectivity index (χ0n) is 28.9. The molecule has 260 valence electrons. The number of hydrogen-bond donors (Lipinski definition) is 0. The molecule has 10 heteroatoms. The third-order valence-electron chi connectivity index (χ3n) is 9.71. The molecule has 49 heavy (non-hydrogen) atoms. The van der Waals surface area contributed by atoms with E-state index in [0.29, 0.717) is 23.4 Å². The first-order chi connectivity index (χ1) is 23.8. The first kappa shape index (κ1) is 34.9. The van der Waals surface area contributed by atoms with Gasteiger partial charge < -0.3 is 18.9 Å². The molecule has 2 aliphatic rings. The number of carbonyl (C=O) groups excluding carboxylic acids is 1. The highest BCUT2D eigenvalue weighted by molar-refractivity contribution is 7.89. The van der Waals surface area contributed by atoms with Gasteiger partial charge in [-0.15, -0.1) is 0 Å². The number of aryl methyl sites for hydroxylation is 2. The van der Waals surface area contributed by atoms with Crippen molar-refractivity contribution in [3.8, 4) is 5.75 Å². The van der Waals surface area contributed by atoms with Crippen LogP contribution in [0.1, 0.15) is 58.9 Å². The van der Waals surface area contributed by atoms with Gasteiger partial charge in [-0.25, -0.2) is 8.42 Å². The van der Waals surface area contributed by atoms with Crippen molar-refractivity contribution in [3.63, 3.8) is 0 Å². The normalized spacial score (nSPS) is 16.9. The molecule has 4 aromatic rings. The van der Waals surface area contributed by atoms with Gasteiger partial charge in [-0.3, -0.25) is 9.69 Å². The summed E-state index contributed by atoms with van der Waals surface area (Å²) in [6.07, 6.45) is 3.80. The van der Waals surface area contributed by atoms with Gasteiger partial charge in [0.1, 0.15) is 12.4 Å². The Morgan fingerprint density at radius 2 is 1.53 bits per heavy atom. The molecule has 6 rings (SSSR count). The van der Waals surface area contributed by atoms with Crippen molar-refractivity contribution in [3.05, 3.63) is 119 Å². The second kappa shape index (κ2) is 15.7. The zero-order valence-corrected chi connectivity index (χ0v) is 29.7. The minimum atomic E-state index is -3.90. The molecule has 1 atom stereocenters. The Balaban J connectivity index is 1.16. The summed E-state index contributed by atoms with van der Waals surface area (Å²) in [6, 6.07) is 27.3. The predicted octanol–water partition coefficient (Wildman–Crippen LogP) is 5.94. The predicted molar refractivity (Wildman–Crippen MR) is 191 cm³/mol. The maximum absolute atomic E-state index is 14.1. The van der Waals surface area contributed by atoms with Crippen LogP contribution in [-0.4, -0.2) is 79.5 Å². The molecule has 0 aliphatic carbocycles. The minimum Gasteiger partial charge on any atom is -0.497 e. The monoisotopic (exact) mass is 684 g/mol. The van der Waals surface area contributed by atoms with Crippen LogP contribution >= 0.6 is 0 Å². The van der Waals surface area contributed by atoms with Crippen LogP contribution in [-0.2, 0) is 39.2 Å². The number of hydrogen-bond acceptors (Lipinski definition) is 6. The van der Waals surface area contributed by atoms with Gasteiger partial charge in [-0.2, -0.15) is 4.31 Å². The van der Waals surface area contributed by atoms with E-state index >= 15 is 0 Å². The lowest BCUT2D eigenvalue weighted by molar-refractivity contribution is -0.139. The molecule has 1 amide bonds. The molecule has 0 spiro atoms. The second-order valence-corrected chi connectivity index (χ2v) is 15.0. The Hall–Kier alpha value is -3.96. The van der Waals surface area contributed by atoms with Crippen LogP contribution in [0, 0.1) is 13.8 Å². The molecule has 1 aromatic heterocycles. The van der Waals surface area contributed by atoms with E-state index in [1.165, 1.54) is 29.3 Å². The maximum Gasteiger partial charge on any atom is 0.249 e. The van der Waals surface area contributed by atoms with Crippen molar-refractivity contribution >= 4 is 15.9 Å². The van der Waals surface area contributed by atoms with E-state index in [2.05, 4.69) is 33.7 Å². The molecule has 3 aromatic carbocycles. The molecule has 0 saturated carbocycles. The van der Waals surface area contributed by atoms with E-state index in [1.807, 2.05) is 53.4 Å². The number of ether oxygens (including phenoxy) is 2. The zero-order chi connectivity index (χ0) is 34.4. The average Bonchev–Trinajstić information content (AvgIpc) is 3.52. The SMILES string of the molecule is COc1cc(C)c(S(=O)(=O)N(CCOCC(=O)N2CCn3c(CN4CCCCC4)ccc3C2c2ccccc2)Cc2ccccc2)c(C)c1.